The number of carbonyl (C=O) groups excluding carboxylic acids is 2. The smallest absolute Gasteiger partial charge is 0.248 e. The van der Waals surface area contributed by atoms with E-state index in [0.717, 1.165) is 11.2 Å². The van der Waals surface area contributed by atoms with Crippen molar-refractivity contribution in [3.63, 3.8) is 0 Å². The van der Waals surface area contributed by atoms with Gasteiger partial charge in [-0.2, -0.15) is 4.57 Å². The third-order valence-electron chi connectivity index (χ3n) is 4.77. The lowest BCUT2D eigenvalue weighted by molar-refractivity contribution is -0.688. The lowest BCUT2D eigenvalue weighted by Gasteiger charge is -2.49. The highest BCUT2D eigenvalue weighted by Gasteiger charge is 2.50. The Morgan fingerprint density at radius 2 is 2.26 bits per heavy atom. The number of fused-ring (bicyclic) bond motifs is 2. The Kier molecular flexibility index (Phi) is 5.52. The van der Waals surface area contributed by atoms with Gasteiger partial charge in [0, 0.05) is 11.3 Å². The van der Waals surface area contributed by atoms with Gasteiger partial charge in [0.2, 0.25) is 5.91 Å². The van der Waals surface area contributed by atoms with Crippen LogP contribution in [-0.2, 0) is 16.1 Å². The van der Waals surface area contributed by atoms with E-state index in [9.17, 15) is 19.8 Å². The van der Waals surface area contributed by atoms with E-state index in [1.807, 2.05) is 33.5 Å². The number of rotatable bonds is 4. The SMILES string of the molecule is CC(O)c1ccc2c[n+](CC3=C(C(=O)[O-])N4C(=O)C(N)[C@H]4SC3)ccn12.I. The van der Waals surface area contributed by atoms with Gasteiger partial charge < -0.3 is 25.1 Å². The molecule has 2 aromatic rings. The van der Waals surface area contributed by atoms with E-state index in [2.05, 4.69) is 0 Å². The maximum atomic E-state index is 12.0. The Morgan fingerprint density at radius 3 is 2.93 bits per heavy atom. The van der Waals surface area contributed by atoms with Crippen molar-refractivity contribution in [3.05, 3.63) is 47.7 Å². The summed E-state index contributed by atoms with van der Waals surface area (Å²) in [6, 6.07) is 3.08. The molecule has 0 spiro atoms. The average Bonchev–Trinajstić information content (AvgIpc) is 3.03. The van der Waals surface area contributed by atoms with Crippen molar-refractivity contribution in [2.45, 2.75) is 31.0 Å². The molecule has 2 aliphatic heterocycles. The number of hydrogen-bond donors (Lipinski definition) is 2. The van der Waals surface area contributed by atoms with Crippen LogP contribution >= 0.6 is 35.7 Å². The average molecular weight is 502 g/mol. The molecule has 0 bridgehead atoms. The first-order chi connectivity index (χ1) is 12.4. The predicted octanol–water partition coefficient (Wildman–Crippen LogP) is -0.855. The lowest BCUT2D eigenvalue weighted by Crippen LogP contribution is -2.69. The molecule has 3 N–H and O–H groups in total. The van der Waals surface area contributed by atoms with Crippen LogP contribution in [0.25, 0.3) is 5.52 Å². The first kappa shape index (κ1) is 20.1. The predicted molar refractivity (Wildman–Crippen MR) is 107 cm³/mol. The molecule has 2 unspecified atom stereocenters. The molecular weight excluding hydrogens is 483 g/mol. The Balaban J connectivity index is 0.00000210. The Labute approximate surface area is 176 Å². The number of aliphatic hydroxyl groups is 1. The summed E-state index contributed by atoms with van der Waals surface area (Å²) in [5.74, 6) is -1.26. The first-order valence-corrected chi connectivity index (χ1v) is 9.25. The number of aliphatic hydroxyl groups excluding tert-OH is 1. The zero-order chi connectivity index (χ0) is 18.6. The molecular formula is C17H19IN4O4S. The van der Waals surface area contributed by atoms with Crippen molar-refractivity contribution in [1.29, 1.82) is 0 Å². The van der Waals surface area contributed by atoms with Gasteiger partial charge in [-0.25, -0.2) is 0 Å². The molecule has 0 aromatic carbocycles. The fourth-order valence-corrected chi connectivity index (χ4v) is 4.75. The second-order valence-electron chi connectivity index (χ2n) is 6.50. The molecule has 4 rings (SSSR count). The minimum Gasteiger partial charge on any atom is -0.543 e. The monoisotopic (exact) mass is 502 g/mol. The van der Waals surface area contributed by atoms with Crippen LogP contribution in [0.4, 0.5) is 0 Å². The number of aromatic nitrogens is 2. The van der Waals surface area contributed by atoms with E-state index in [1.54, 1.807) is 13.1 Å². The molecule has 4 heterocycles. The molecule has 144 valence electrons. The number of hydrogen-bond acceptors (Lipinski definition) is 6. The summed E-state index contributed by atoms with van der Waals surface area (Å²) >= 11 is 1.46. The standard InChI is InChI=1S/C17H18N4O4S.HI/c1-9(22)12-3-2-11-7-19(4-5-20(11)12)6-10-8-26-16-13(18)15(23)21(16)14(10)17(24)25;/h2-5,7,9,13,16,22H,6,8,18H2,1H3;1H/t9?,13?,16-;/m1./s1. The fraction of sp³-hybridized carbons (Fsp3) is 0.353. The molecule has 2 aromatic heterocycles. The second kappa shape index (κ2) is 7.41. The molecule has 0 aliphatic carbocycles. The Hall–Kier alpha value is -1.63. The Bertz CT molecular complexity index is 958. The highest BCUT2D eigenvalue weighted by molar-refractivity contribution is 14.0. The molecule has 8 nitrogen and oxygen atoms in total. The number of β-lactam (4-membered cyclic amide) rings is 1. The van der Waals surface area contributed by atoms with E-state index in [1.165, 1.54) is 16.7 Å². The maximum Gasteiger partial charge on any atom is 0.248 e. The largest absolute Gasteiger partial charge is 0.543 e. The number of nitrogens with zero attached hydrogens (tertiary/aromatic N) is 3. The van der Waals surface area contributed by atoms with Crippen molar-refractivity contribution in [3.8, 4) is 0 Å². The van der Waals surface area contributed by atoms with Crippen LogP contribution in [-0.4, -0.2) is 43.5 Å². The van der Waals surface area contributed by atoms with Crippen LogP contribution in [0.5, 0.6) is 0 Å². The summed E-state index contributed by atoms with van der Waals surface area (Å²) in [6.07, 6.45) is 4.90. The maximum absolute atomic E-state index is 12.0. The van der Waals surface area contributed by atoms with Crippen LogP contribution < -0.4 is 15.4 Å². The number of halogens is 1. The normalized spacial score (nSPS) is 22.9. The van der Waals surface area contributed by atoms with Gasteiger partial charge in [-0.1, -0.05) is 0 Å². The fourth-order valence-electron chi connectivity index (χ4n) is 3.47. The molecule has 0 radical (unpaired) electrons. The van der Waals surface area contributed by atoms with Crippen LogP contribution in [0.3, 0.4) is 0 Å². The summed E-state index contributed by atoms with van der Waals surface area (Å²) in [5.41, 5.74) is 7.95. The van der Waals surface area contributed by atoms with Gasteiger partial charge in [0.15, 0.2) is 18.9 Å². The summed E-state index contributed by atoms with van der Waals surface area (Å²) in [6.45, 7) is 2.03. The van der Waals surface area contributed by atoms with Gasteiger partial charge in [-0.15, -0.1) is 35.7 Å². The number of carboxylic acids is 1. The lowest BCUT2D eigenvalue weighted by atomic mass is 10.0. The zero-order valence-corrected chi connectivity index (χ0v) is 17.6. The van der Waals surface area contributed by atoms with Crippen LogP contribution in [0.15, 0.2) is 42.0 Å². The number of amides is 1. The van der Waals surface area contributed by atoms with E-state index in [-0.39, 0.29) is 41.0 Å². The number of aliphatic carboxylic acids is 1. The second-order valence-corrected chi connectivity index (χ2v) is 7.61. The van der Waals surface area contributed by atoms with Crippen LogP contribution in [0.1, 0.15) is 18.7 Å². The van der Waals surface area contributed by atoms with Gasteiger partial charge in [0.1, 0.15) is 16.9 Å². The molecule has 1 amide bonds. The van der Waals surface area contributed by atoms with Gasteiger partial charge in [-0.05, 0) is 19.1 Å². The summed E-state index contributed by atoms with van der Waals surface area (Å²) in [5, 5.41) is 21.1. The molecule has 1 fully saturated rings. The van der Waals surface area contributed by atoms with Crippen LogP contribution in [0.2, 0.25) is 0 Å². The number of thioether (sulfide) groups is 1. The van der Waals surface area contributed by atoms with Gasteiger partial charge in [0.05, 0.1) is 29.7 Å². The topological polar surface area (TPSA) is 115 Å². The van der Waals surface area contributed by atoms with Crippen molar-refractivity contribution >= 4 is 53.1 Å². The molecule has 1 saturated heterocycles. The summed E-state index contributed by atoms with van der Waals surface area (Å²) in [4.78, 5) is 24.9. The van der Waals surface area contributed by atoms with Crippen molar-refractivity contribution in [2.24, 2.45) is 5.73 Å². The highest BCUT2D eigenvalue weighted by Crippen LogP contribution is 2.39. The summed E-state index contributed by atoms with van der Waals surface area (Å²) < 4.78 is 3.73. The number of carboxylic acid groups (broad SMARTS) is 1. The van der Waals surface area contributed by atoms with Gasteiger partial charge in [0.25, 0.3) is 0 Å². The van der Waals surface area contributed by atoms with Crippen molar-refractivity contribution in [2.75, 3.05) is 5.75 Å². The summed E-state index contributed by atoms with van der Waals surface area (Å²) in [7, 11) is 0. The number of carbonyl (C=O) groups is 2. The van der Waals surface area contributed by atoms with Gasteiger partial charge >= 0.3 is 0 Å². The van der Waals surface area contributed by atoms with E-state index in [4.69, 9.17) is 5.73 Å². The Morgan fingerprint density at radius 1 is 1.52 bits per heavy atom. The molecule has 3 atom stereocenters. The number of nitrogens with two attached hydrogens (primary N) is 1. The van der Waals surface area contributed by atoms with E-state index >= 15 is 0 Å². The molecule has 27 heavy (non-hydrogen) atoms. The van der Waals surface area contributed by atoms with Crippen molar-refractivity contribution in [1.82, 2.24) is 9.30 Å². The first-order valence-electron chi connectivity index (χ1n) is 8.20. The minimum absolute atomic E-state index is 0. The molecule has 10 heteroatoms. The van der Waals surface area contributed by atoms with Crippen molar-refractivity contribution < 1.29 is 24.4 Å². The molecule has 2 aliphatic rings. The van der Waals surface area contributed by atoms with Crippen LogP contribution in [0, 0.1) is 0 Å². The van der Waals surface area contributed by atoms with Gasteiger partial charge in [-0.3, -0.25) is 9.69 Å². The third-order valence-corrected chi connectivity index (χ3v) is 6.13. The molecule has 0 saturated carbocycles. The highest BCUT2D eigenvalue weighted by atomic mass is 127. The quantitative estimate of drug-likeness (QED) is 0.320. The van der Waals surface area contributed by atoms with E-state index < -0.39 is 18.1 Å². The van der Waals surface area contributed by atoms with E-state index in [0.29, 0.717) is 17.9 Å². The third kappa shape index (κ3) is 3.24. The zero-order valence-electron chi connectivity index (χ0n) is 14.4. The minimum atomic E-state index is -1.36.